The summed E-state index contributed by atoms with van der Waals surface area (Å²) in [4.78, 5) is 4.74. The number of rotatable bonds is 5. The van der Waals surface area contributed by atoms with Gasteiger partial charge in [0.25, 0.3) is 0 Å². The monoisotopic (exact) mass is 256 g/mol. The van der Waals surface area contributed by atoms with Crippen LogP contribution in [0.2, 0.25) is 0 Å². The fourth-order valence-electron chi connectivity index (χ4n) is 2.29. The van der Waals surface area contributed by atoms with Crippen molar-refractivity contribution in [2.24, 2.45) is 16.3 Å². The van der Waals surface area contributed by atoms with E-state index in [1.165, 1.54) is 25.0 Å². The molecule has 100 valence electrons. The van der Waals surface area contributed by atoms with Crippen LogP contribution in [0.5, 0.6) is 0 Å². The summed E-state index contributed by atoms with van der Waals surface area (Å²) in [5, 5.41) is 4.71. The van der Waals surface area contributed by atoms with Gasteiger partial charge in [0.15, 0.2) is 5.17 Å². The van der Waals surface area contributed by atoms with Crippen LogP contribution in [-0.4, -0.2) is 23.5 Å². The van der Waals surface area contributed by atoms with E-state index in [1.54, 1.807) is 0 Å². The molecule has 0 bridgehead atoms. The predicted molar refractivity (Wildman–Crippen MR) is 79.8 cm³/mol. The minimum Gasteiger partial charge on any atom is -0.362 e. The highest BCUT2D eigenvalue weighted by molar-refractivity contribution is 8.13. The van der Waals surface area contributed by atoms with Crippen LogP contribution in [-0.2, 0) is 0 Å². The molecule has 0 saturated heterocycles. The van der Waals surface area contributed by atoms with E-state index in [0.29, 0.717) is 11.5 Å². The predicted octanol–water partition coefficient (Wildman–Crippen LogP) is 3.92. The molecule has 0 fully saturated rings. The zero-order valence-corrected chi connectivity index (χ0v) is 12.9. The lowest BCUT2D eigenvalue weighted by Gasteiger charge is -2.34. The molecule has 3 heteroatoms. The topological polar surface area (TPSA) is 24.4 Å². The van der Waals surface area contributed by atoms with Gasteiger partial charge in [-0.25, -0.2) is 0 Å². The van der Waals surface area contributed by atoms with Gasteiger partial charge in [0.05, 0.1) is 0 Å². The van der Waals surface area contributed by atoms with Crippen LogP contribution in [0.1, 0.15) is 53.9 Å². The third-order valence-corrected chi connectivity index (χ3v) is 5.05. The number of amidine groups is 1. The Labute approximate surface area is 111 Å². The molecule has 0 aliphatic carbocycles. The lowest BCUT2D eigenvalue weighted by atomic mass is 9.84. The van der Waals surface area contributed by atoms with Crippen molar-refractivity contribution >= 4 is 16.9 Å². The van der Waals surface area contributed by atoms with Crippen LogP contribution in [0.3, 0.4) is 0 Å². The summed E-state index contributed by atoms with van der Waals surface area (Å²) in [6.07, 6.45) is 3.70. The third-order valence-electron chi connectivity index (χ3n) is 3.77. The Morgan fingerprint density at radius 3 is 2.35 bits per heavy atom. The maximum absolute atomic E-state index is 4.74. The first kappa shape index (κ1) is 14.9. The summed E-state index contributed by atoms with van der Waals surface area (Å²) in [7, 11) is 0. The smallest absolute Gasteiger partial charge is 0.156 e. The van der Waals surface area contributed by atoms with E-state index in [2.05, 4.69) is 39.9 Å². The Balaban J connectivity index is 2.45. The van der Waals surface area contributed by atoms with Gasteiger partial charge in [0.2, 0.25) is 0 Å². The lowest BCUT2D eigenvalue weighted by molar-refractivity contribution is 0.317. The Morgan fingerprint density at radius 1 is 1.29 bits per heavy atom. The second-order valence-corrected chi connectivity index (χ2v) is 6.76. The van der Waals surface area contributed by atoms with E-state index in [9.17, 15) is 0 Å². The maximum atomic E-state index is 4.74. The number of thioether (sulfide) groups is 1. The van der Waals surface area contributed by atoms with Gasteiger partial charge >= 0.3 is 0 Å². The standard InChI is InChI=1S/C14H28N2S/c1-6-14(7-2)9-15-13(17-10-14)16-12(5)8-11(3)4/h11-12H,6-10H2,1-5H3,(H,15,16). The van der Waals surface area contributed by atoms with Gasteiger partial charge in [0.1, 0.15) is 0 Å². The van der Waals surface area contributed by atoms with Gasteiger partial charge in [-0.15, -0.1) is 0 Å². The first-order chi connectivity index (χ1) is 8.01. The number of hydrogen-bond donors (Lipinski definition) is 1. The second kappa shape index (κ2) is 6.67. The minimum absolute atomic E-state index is 0.455. The molecule has 1 N–H and O–H groups in total. The fourth-order valence-corrected chi connectivity index (χ4v) is 3.68. The van der Waals surface area contributed by atoms with Crippen molar-refractivity contribution in [1.29, 1.82) is 0 Å². The second-order valence-electron chi connectivity index (χ2n) is 5.79. The van der Waals surface area contributed by atoms with Crippen molar-refractivity contribution in [3.05, 3.63) is 0 Å². The van der Waals surface area contributed by atoms with Crippen molar-refractivity contribution in [3.8, 4) is 0 Å². The molecule has 0 radical (unpaired) electrons. The average Bonchev–Trinajstić information content (AvgIpc) is 2.29. The first-order valence-corrected chi connectivity index (χ1v) is 7.93. The van der Waals surface area contributed by atoms with Gasteiger partial charge < -0.3 is 5.32 Å². The van der Waals surface area contributed by atoms with Crippen LogP contribution >= 0.6 is 11.8 Å². The fraction of sp³-hybridized carbons (Fsp3) is 0.929. The van der Waals surface area contributed by atoms with Crippen LogP contribution in [0.4, 0.5) is 0 Å². The summed E-state index contributed by atoms with van der Waals surface area (Å²) in [5.41, 5.74) is 0.455. The molecule has 0 spiro atoms. The van der Waals surface area contributed by atoms with Gasteiger partial charge in [-0.05, 0) is 37.5 Å². The number of nitrogens with one attached hydrogen (secondary N) is 1. The van der Waals surface area contributed by atoms with Gasteiger partial charge in [-0.3, -0.25) is 4.99 Å². The van der Waals surface area contributed by atoms with Crippen LogP contribution in [0.25, 0.3) is 0 Å². The van der Waals surface area contributed by atoms with Crippen LogP contribution < -0.4 is 5.32 Å². The number of hydrogen-bond acceptors (Lipinski definition) is 3. The maximum Gasteiger partial charge on any atom is 0.156 e. The summed E-state index contributed by atoms with van der Waals surface area (Å²) < 4.78 is 0. The lowest BCUT2D eigenvalue weighted by Crippen LogP contribution is -2.38. The molecular formula is C14H28N2S. The van der Waals surface area contributed by atoms with Crippen molar-refractivity contribution in [1.82, 2.24) is 5.32 Å². The molecule has 1 unspecified atom stereocenters. The Hall–Kier alpha value is -0.180. The van der Waals surface area contributed by atoms with E-state index in [1.807, 2.05) is 11.8 Å². The molecule has 0 aromatic rings. The molecule has 1 heterocycles. The third kappa shape index (κ3) is 4.53. The van der Waals surface area contributed by atoms with Crippen molar-refractivity contribution in [2.75, 3.05) is 12.3 Å². The molecule has 1 aliphatic heterocycles. The SMILES string of the molecule is CCC1(CC)CN=C(NC(C)CC(C)C)SC1. The molecule has 0 saturated carbocycles. The number of nitrogens with zero attached hydrogens (tertiary/aromatic N) is 1. The summed E-state index contributed by atoms with van der Waals surface area (Å²) >= 11 is 1.91. The van der Waals surface area contributed by atoms with E-state index >= 15 is 0 Å². The van der Waals surface area contributed by atoms with Gasteiger partial charge in [0, 0.05) is 18.3 Å². The number of aliphatic imine (C=N–C) groups is 1. The molecule has 1 atom stereocenters. The Morgan fingerprint density at radius 2 is 1.94 bits per heavy atom. The van der Waals surface area contributed by atoms with Crippen molar-refractivity contribution in [2.45, 2.75) is 59.9 Å². The minimum atomic E-state index is 0.455. The highest BCUT2D eigenvalue weighted by Crippen LogP contribution is 2.34. The van der Waals surface area contributed by atoms with Gasteiger partial charge in [-0.2, -0.15) is 0 Å². The quantitative estimate of drug-likeness (QED) is 0.806. The molecule has 2 nitrogen and oxygen atoms in total. The largest absolute Gasteiger partial charge is 0.362 e. The summed E-state index contributed by atoms with van der Waals surface area (Å²) in [5.74, 6) is 1.97. The molecule has 0 aromatic heterocycles. The first-order valence-electron chi connectivity index (χ1n) is 6.95. The van der Waals surface area contributed by atoms with Crippen LogP contribution in [0, 0.1) is 11.3 Å². The van der Waals surface area contributed by atoms with Crippen molar-refractivity contribution < 1.29 is 0 Å². The molecule has 1 rings (SSSR count). The molecular weight excluding hydrogens is 228 g/mol. The summed E-state index contributed by atoms with van der Waals surface area (Å²) in [6, 6.07) is 0.539. The van der Waals surface area contributed by atoms with Crippen molar-refractivity contribution in [3.63, 3.8) is 0 Å². The zero-order valence-electron chi connectivity index (χ0n) is 12.0. The summed E-state index contributed by atoms with van der Waals surface area (Å²) in [6.45, 7) is 12.4. The Kier molecular flexibility index (Phi) is 5.84. The van der Waals surface area contributed by atoms with Crippen LogP contribution in [0.15, 0.2) is 4.99 Å². The van der Waals surface area contributed by atoms with Gasteiger partial charge in [-0.1, -0.05) is 39.5 Å². The normalized spacial score (nSPS) is 21.2. The molecule has 17 heavy (non-hydrogen) atoms. The molecule has 1 aliphatic rings. The highest BCUT2D eigenvalue weighted by atomic mass is 32.2. The van der Waals surface area contributed by atoms with E-state index in [0.717, 1.165) is 17.6 Å². The average molecular weight is 256 g/mol. The van der Waals surface area contributed by atoms with E-state index < -0.39 is 0 Å². The zero-order chi connectivity index (χ0) is 12.9. The highest BCUT2D eigenvalue weighted by Gasteiger charge is 2.30. The van der Waals surface area contributed by atoms with E-state index in [-0.39, 0.29) is 0 Å². The van der Waals surface area contributed by atoms with E-state index in [4.69, 9.17) is 4.99 Å². The molecule has 0 amide bonds. The Bertz CT molecular complexity index is 257. The molecule has 0 aromatic carbocycles.